The van der Waals surface area contributed by atoms with Crippen molar-refractivity contribution in [1.29, 1.82) is 0 Å². The molecule has 0 aliphatic heterocycles. The Morgan fingerprint density at radius 1 is 1.04 bits per heavy atom. The second-order valence-electron chi connectivity index (χ2n) is 5.12. The van der Waals surface area contributed by atoms with Crippen LogP contribution in [-0.4, -0.2) is 24.6 Å². The summed E-state index contributed by atoms with van der Waals surface area (Å²) in [6, 6.07) is 15.8. The fourth-order valence-electron chi connectivity index (χ4n) is 2.15. The molecule has 1 amide bonds. The average Bonchev–Trinajstić information content (AvgIpc) is 2.61. The number of carbonyl (C=O) groups excluding carboxylic acids is 2. The van der Waals surface area contributed by atoms with Crippen molar-refractivity contribution in [2.45, 2.75) is 26.4 Å². The highest BCUT2D eigenvalue weighted by Gasteiger charge is 2.19. The number of ether oxygens (including phenoxy) is 2. The van der Waals surface area contributed by atoms with E-state index in [2.05, 4.69) is 5.32 Å². The van der Waals surface area contributed by atoms with Gasteiger partial charge >= 0.3 is 5.97 Å². The van der Waals surface area contributed by atoms with E-state index in [-0.39, 0.29) is 5.91 Å². The van der Waals surface area contributed by atoms with Gasteiger partial charge in [0.1, 0.15) is 5.75 Å². The van der Waals surface area contributed by atoms with Gasteiger partial charge < -0.3 is 14.8 Å². The van der Waals surface area contributed by atoms with Gasteiger partial charge in [0, 0.05) is 5.69 Å². The molecule has 0 saturated heterocycles. The van der Waals surface area contributed by atoms with E-state index in [1.807, 2.05) is 25.1 Å². The predicted molar refractivity (Wildman–Crippen MR) is 92.2 cm³/mol. The zero-order valence-corrected chi connectivity index (χ0v) is 13.8. The van der Waals surface area contributed by atoms with Crippen LogP contribution in [0.15, 0.2) is 54.6 Å². The Morgan fingerprint density at radius 2 is 1.79 bits per heavy atom. The summed E-state index contributed by atoms with van der Waals surface area (Å²) in [6.45, 7) is 3.93. The van der Waals surface area contributed by atoms with E-state index >= 15 is 0 Å². The number of carbonyl (C=O) groups is 2. The van der Waals surface area contributed by atoms with Crippen LogP contribution in [0, 0.1) is 0 Å². The molecule has 24 heavy (non-hydrogen) atoms. The van der Waals surface area contributed by atoms with Gasteiger partial charge in [-0.3, -0.25) is 4.79 Å². The maximum absolute atomic E-state index is 12.4. The van der Waals surface area contributed by atoms with Crippen LogP contribution in [0.2, 0.25) is 0 Å². The van der Waals surface area contributed by atoms with Crippen LogP contribution in [0.1, 0.15) is 30.6 Å². The van der Waals surface area contributed by atoms with Crippen molar-refractivity contribution in [2.24, 2.45) is 0 Å². The van der Waals surface area contributed by atoms with Gasteiger partial charge in [0.25, 0.3) is 5.91 Å². The van der Waals surface area contributed by atoms with Gasteiger partial charge in [0.15, 0.2) is 6.10 Å². The molecule has 5 nitrogen and oxygen atoms in total. The second kappa shape index (κ2) is 8.72. The van der Waals surface area contributed by atoms with Crippen molar-refractivity contribution in [2.75, 3.05) is 11.9 Å². The minimum atomic E-state index is -0.612. The van der Waals surface area contributed by atoms with Crippen LogP contribution >= 0.6 is 0 Å². The van der Waals surface area contributed by atoms with E-state index < -0.39 is 12.1 Å². The van der Waals surface area contributed by atoms with Crippen molar-refractivity contribution in [3.8, 4) is 5.75 Å². The molecular formula is C19H21NO4. The maximum atomic E-state index is 12.4. The largest absolute Gasteiger partial charge is 0.481 e. The molecule has 0 heterocycles. The number of nitrogens with one attached hydrogen (secondary N) is 1. The quantitative estimate of drug-likeness (QED) is 0.788. The number of esters is 1. The molecule has 1 N–H and O–H groups in total. The summed E-state index contributed by atoms with van der Waals surface area (Å²) in [6.07, 6.45) is -0.0863. The first-order chi connectivity index (χ1) is 11.6. The second-order valence-corrected chi connectivity index (χ2v) is 5.12. The number of benzene rings is 2. The first kappa shape index (κ1) is 17.5. The SMILES string of the molecule is CCOC(=O)c1cccc(NC(=O)[C@H](CC)Oc2ccccc2)c1. The third-order valence-corrected chi connectivity index (χ3v) is 3.33. The van der Waals surface area contributed by atoms with E-state index in [1.165, 1.54) is 0 Å². The van der Waals surface area contributed by atoms with Gasteiger partial charge in [0.05, 0.1) is 12.2 Å². The molecule has 2 rings (SSSR count). The highest BCUT2D eigenvalue weighted by Crippen LogP contribution is 2.16. The molecule has 0 aromatic heterocycles. The Labute approximate surface area is 141 Å². The summed E-state index contributed by atoms with van der Waals surface area (Å²) in [7, 11) is 0. The van der Waals surface area contributed by atoms with Crippen LogP contribution in [0.3, 0.4) is 0 Å². The normalized spacial score (nSPS) is 11.4. The number of hydrogen-bond donors (Lipinski definition) is 1. The van der Waals surface area contributed by atoms with E-state index in [0.717, 1.165) is 0 Å². The topological polar surface area (TPSA) is 64.6 Å². The zero-order valence-electron chi connectivity index (χ0n) is 13.8. The number of rotatable bonds is 7. The predicted octanol–water partition coefficient (Wildman–Crippen LogP) is 3.66. The molecule has 0 radical (unpaired) electrons. The number of hydrogen-bond acceptors (Lipinski definition) is 4. The van der Waals surface area contributed by atoms with E-state index in [9.17, 15) is 9.59 Å². The van der Waals surface area contributed by atoms with Gasteiger partial charge in [-0.05, 0) is 43.7 Å². The number of para-hydroxylation sites is 1. The Hall–Kier alpha value is -2.82. The third-order valence-electron chi connectivity index (χ3n) is 3.33. The smallest absolute Gasteiger partial charge is 0.338 e. The van der Waals surface area contributed by atoms with Gasteiger partial charge in [-0.2, -0.15) is 0 Å². The highest BCUT2D eigenvalue weighted by molar-refractivity contribution is 5.96. The molecule has 0 unspecified atom stereocenters. The van der Waals surface area contributed by atoms with Gasteiger partial charge in [0.2, 0.25) is 0 Å². The molecule has 0 aliphatic rings. The minimum absolute atomic E-state index is 0.262. The van der Waals surface area contributed by atoms with Gasteiger partial charge in [-0.1, -0.05) is 31.2 Å². The summed E-state index contributed by atoms with van der Waals surface area (Å²) in [5.41, 5.74) is 0.923. The first-order valence-electron chi connectivity index (χ1n) is 7.93. The maximum Gasteiger partial charge on any atom is 0.338 e. The summed E-state index contributed by atoms with van der Waals surface area (Å²) in [5, 5.41) is 2.78. The Bertz CT molecular complexity index is 685. The molecular weight excluding hydrogens is 306 g/mol. The fraction of sp³-hybridized carbons (Fsp3) is 0.263. The van der Waals surface area contributed by atoms with Crippen molar-refractivity contribution in [3.05, 3.63) is 60.2 Å². The van der Waals surface area contributed by atoms with E-state index in [4.69, 9.17) is 9.47 Å². The van der Waals surface area contributed by atoms with Crippen LogP contribution in [0.4, 0.5) is 5.69 Å². The molecule has 0 bridgehead atoms. The highest BCUT2D eigenvalue weighted by atomic mass is 16.5. The molecule has 2 aromatic carbocycles. The van der Waals surface area contributed by atoms with Crippen LogP contribution < -0.4 is 10.1 Å². The lowest BCUT2D eigenvalue weighted by Gasteiger charge is -2.17. The lowest BCUT2D eigenvalue weighted by molar-refractivity contribution is -0.122. The van der Waals surface area contributed by atoms with Crippen LogP contribution in [0.25, 0.3) is 0 Å². The molecule has 1 atom stereocenters. The van der Waals surface area contributed by atoms with Crippen molar-refractivity contribution in [3.63, 3.8) is 0 Å². The number of amides is 1. The molecule has 2 aromatic rings. The van der Waals surface area contributed by atoms with Crippen LogP contribution in [-0.2, 0) is 9.53 Å². The first-order valence-corrected chi connectivity index (χ1v) is 7.93. The molecule has 5 heteroatoms. The summed E-state index contributed by atoms with van der Waals surface area (Å²) < 4.78 is 10.7. The molecule has 0 spiro atoms. The summed E-state index contributed by atoms with van der Waals surface area (Å²) in [5.74, 6) is -0.0386. The average molecular weight is 327 g/mol. The fourth-order valence-corrected chi connectivity index (χ4v) is 2.15. The third kappa shape index (κ3) is 4.84. The molecule has 0 saturated carbocycles. The zero-order chi connectivity index (χ0) is 17.4. The van der Waals surface area contributed by atoms with Crippen LogP contribution in [0.5, 0.6) is 5.75 Å². The van der Waals surface area contributed by atoms with E-state index in [1.54, 1.807) is 43.3 Å². The van der Waals surface area contributed by atoms with Crippen molar-refractivity contribution >= 4 is 17.6 Å². The molecule has 0 fully saturated rings. The van der Waals surface area contributed by atoms with Gasteiger partial charge in [-0.15, -0.1) is 0 Å². The summed E-state index contributed by atoms with van der Waals surface area (Å²) >= 11 is 0. The lowest BCUT2D eigenvalue weighted by atomic mass is 10.2. The monoisotopic (exact) mass is 327 g/mol. The van der Waals surface area contributed by atoms with Crippen molar-refractivity contribution < 1.29 is 19.1 Å². The Morgan fingerprint density at radius 3 is 2.46 bits per heavy atom. The Balaban J connectivity index is 2.04. The van der Waals surface area contributed by atoms with Gasteiger partial charge in [-0.25, -0.2) is 4.79 Å². The number of anilines is 1. The Kier molecular flexibility index (Phi) is 6.37. The van der Waals surface area contributed by atoms with E-state index in [0.29, 0.717) is 30.0 Å². The standard InChI is InChI=1S/C19H21NO4/c1-3-17(24-16-11-6-5-7-12-16)18(21)20-15-10-8-9-14(13-15)19(22)23-4-2/h5-13,17H,3-4H2,1-2H3,(H,20,21)/t17-/m0/s1. The lowest BCUT2D eigenvalue weighted by Crippen LogP contribution is -2.32. The summed E-state index contributed by atoms with van der Waals surface area (Å²) in [4.78, 5) is 24.2. The molecule has 0 aliphatic carbocycles. The van der Waals surface area contributed by atoms with Crippen molar-refractivity contribution in [1.82, 2.24) is 0 Å². The minimum Gasteiger partial charge on any atom is -0.481 e. The molecule has 126 valence electrons.